The van der Waals surface area contributed by atoms with Crippen molar-refractivity contribution in [1.29, 1.82) is 0 Å². The Balaban J connectivity index is 0.778. The van der Waals surface area contributed by atoms with Crippen LogP contribution in [0.5, 0.6) is 5.75 Å². The highest BCUT2D eigenvalue weighted by atomic mass is 32.1. The van der Waals surface area contributed by atoms with Gasteiger partial charge in [0.15, 0.2) is 22.9 Å². The van der Waals surface area contributed by atoms with E-state index in [9.17, 15) is 19.8 Å². The van der Waals surface area contributed by atoms with Crippen molar-refractivity contribution in [2.24, 2.45) is 11.8 Å². The van der Waals surface area contributed by atoms with Gasteiger partial charge in [-0.15, -0.1) is 21.5 Å². The minimum absolute atomic E-state index is 0.0787. The lowest BCUT2D eigenvalue weighted by Gasteiger charge is -2.37. The van der Waals surface area contributed by atoms with Crippen LogP contribution in [0.15, 0.2) is 70.7 Å². The molecule has 3 aliphatic rings. The van der Waals surface area contributed by atoms with Gasteiger partial charge in [-0.3, -0.25) is 14.3 Å². The first-order valence-electron chi connectivity index (χ1n) is 22.4. The number of phenols is 1. The van der Waals surface area contributed by atoms with Crippen molar-refractivity contribution in [3.8, 4) is 27.4 Å². The number of amides is 2. The summed E-state index contributed by atoms with van der Waals surface area (Å²) in [5.74, 6) is 0.905. The SMILES string of the molecule is Cc1ncsc1-c1ccc([C@H](C)NC(=O)[C@@H]2C[C@@H](O)CN2C(=O)[C@@H](c2cc(N3CCC(CN4CCC(n5nc(N)c6nnc(-c7ccccc7O)cc65)CC4)CC3)no2)C(C)C)cc1. The zero-order chi connectivity index (χ0) is 44.6. The summed E-state index contributed by atoms with van der Waals surface area (Å²) in [5, 5.41) is 42.1. The molecule has 3 saturated heterocycles. The van der Waals surface area contributed by atoms with Gasteiger partial charge in [0, 0.05) is 57.3 Å². The smallest absolute Gasteiger partial charge is 0.243 e. The molecule has 0 radical (unpaired) electrons. The Morgan fingerprint density at radius 1 is 0.984 bits per heavy atom. The van der Waals surface area contributed by atoms with Crippen molar-refractivity contribution >= 4 is 45.8 Å². The molecule has 3 aliphatic heterocycles. The number of rotatable bonds is 12. The molecule has 17 heteroatoms. The maximum Gasteiger partial charge on any atom is 0.243 e. The molecule has 4 aromatic heterocycles. The molecule has 9 rings (SSSR count). The number of aromatic hydroxyl groups is 1. The average Bonchev–Trinajstić information content (AvgIpc) is 4.11. The number of nitrogens with zero attached hydrogens (tertiary/aromatic N) is 9. The molecule has 5 N–H and O–H groups in total. The van der Waals surface area contributed by atoms with Crippen LogP contribution in [0.3, 0.4) is 0 Å². The Kier molecular flexibility index (Phi) is 12.4. The van der Waals surface area contributed by atoms with Crippen molar-refractivity contribution in [3.63, 3.8) is 0 Å². The molecule has 64 heavy (non-hydrogen) atoms. The van der Waals surface area contributed by atoms with Crippen molar-refractivity contribution < 1.29 is 24.3 Å². The van der Waals surface area contributed by atoms with Crippen LogP contribution in [0.4, 0.5) is 11.6 Å². The summed E-state index contributed by atoms with van der Waals surface area (Å²) < 4.78 is 7.92. The minimum Gasteiger partial charge on any atom is -0.507 e. The first kappa shape index (κ1) is 43.3. The normalized spacial score (nSPS) is 20.0. The van der Waals surface area contributed by atoms with E-state index >= 15 is 0 Å². The van der Waals surface area contributed by atoms with Gasteiger partial charge in [0.25, 0.3) is 0 Å². The molecule has 0 aliphatic carbocycles. The number of piperidine rings is 2. The van der Waals surface area contributed by atoms with E-state index in [2.05, 4.69) is 40.6 Å². The average molecular weight is 888 g/mol. The lowest BCUT2D eigenvalue weighted by molar-refractivity contribution is -0.141. The zero-order valence-corrected chi connectivity index (χ0v) is 37.6. The van der Waals surface area contributed by atoms with Gasteiger partial charge in [-0.05, 0) is 80.7 Å². The molecule has 0 saturated carbocycles. The summed E-state index contributed by atoms with van der Waals surface area (Å²) in [5.41, 5.74) is 13.7. The van der Waals surface area contributed by atoms with E-state index in [1.165, 1.54) is 4.90 Å². The van der Waals surface area contributed by atoms with E-state index in [0.717, 1.165) is 91.4 Å². The number of para-hydroxylation sites is 1. The number of carbonyl (C=O) groups excluding carboxylic acids is 2. The number of carbonyl (C=O) groups is 2. The number of phenolic OH excluding ortho intramolecular Hbond substituents is 1. The van der Waals surface area contributed by atoms with Gasteiger partial charge in [-0.1, -0.05) is 55.4 Å². The third-order valence-electron chi connectivity index (χ3n) is 13.4. The molecule has 16 nitrogen and oxygen atoms in total. The van der Waals surface area contributed by atoms with Gasteiger partial charge < -0.3 is 40.5 Å². The third-order valence-corrected chi connectivity index (χ3v) is 14.4. The number of fused-ring (bicyclic) bond motifs is 1. The van der Waals surface area contributed by atoms with Crippen LogP contribution in [0.1, 0.15) is 87.9 Å². The van der Waals surface area contributed by atoms with E-state index in [1.54, 1.807) is 23.5 Å². The van der Waals surface area contributed by atoms with Crippen LogP contribution in [-0.2, 0) is 9.59 Å². The van der Waals surface area contributed by atoms with E-state index in [4.69, 9.17) is 10.3 Å². The van der Waals surface area contributed by atoms with Crippen LogP contribution in [0, 0.1) is 18.8 Å². The number of benzene rings is 2. The molecule has 3 fully saturated rings. The quantitative estimate of drug-likeness (QED) is 0.106. The lowest BCUT2D eigenvalue weighted by atomic mass is 9.91. The number of β-amino-alcohol motifs (C(OH)–C–C–N with tert-alkyl or cyclic N) is 1. The predicted octanol–water partition coefficient (Wildman–Crippen LogP) is 6.33. The molecule has 0 unspecified atom stereocenters. The van der Waals surface area contributed by atoms with Gasteiger partial charge in [-0.2, -0.15) is 5.10 Å². The van der Waals surface area contributed by atoms with Gasteiger partial charge in [-0.25, -0.2) is 4.98 Å². The molecular weight excluding hydrogens is 831 g/mol. The van der Waals surface area contributed by atoms with Crippen molar-refractivity contribution in [2.45, 2.75) is 89.9 Å². The lowest BCUT2D eigenvalue weighted by Crippen LogP contribution is -2.48. The van der Waals surface area contributed by atoms with E-state index in [-0.39, 0.29) is 48.5 Å². The number of nitrogens with two attached hydrogens (primary N) is 1. The first-order valence-corrected chi connectivity index (χ1v) is 23.3. The molecule has 2 aromatic carbocycles. The van der Waals surface area contributed by atoms with Crippen molar-refractivity contribution in [1.82, 2.24) is 45.2 Å². The topological polar surface area (TPSA) is 205 Å². The second-order valence-electron chi connectivity index (χ2n) is 18.1. The molecule has 6 aromatic rings. The maximum atomic E-state index is 14.3. The summed E-state index contributed by atoms with van der Waals surface area (Å²) in [7, 11) is 0. The summed E-state index contributed by atoms with van der Waals surface area (Å²) in [6, 6.07) is 18.1. The van der Waals surface area contributed by atoms with Crippen molar-refractivity contribution in [2.75, 3.05) is 49.9 Å². The number of hydrogen-bond donors (Lipinski definition) is 4. The molecule has 7 heterocycles. The highest BCUT2D eigenvalue weighted by Gasteiger charge is 2.44. The Morgan fingerprint density at radius 2 is 1.73 bits per heavy atom. The number of thiazole rings is 1. The van der Waals surface area contributed by atoms with E-state index < -0.39 is 18.1 Å². The molecule has 0 spiro atoms. The third kappa shape index (κ3) is 8.80. The highest BCUT2D eigenvalue weighted by Crippen LogP contribution is 2.36. The summed E-state index contributed by atoms with van der Waals surface area (Å²) in [6.07, 6.45) is 3.26. The van der Waals surface area contributed by atoms with Crippen LogP contribution < -0.4 is 16.0 Å². The second kappa shape index (κ2) is 18.3. The highest BCUT2D eigenvalue weighted by molar-refractivity contribution is 7.13. The van der Waals surface area contributed by atoms with Crippen LogP contribution in [0.2, 0.25) is 0 Å². The number of anilines is 2. The molecule has 0 bridgehead atoms. The Morgan fingerprint density at radius 3 is 2.44 bits per heavy atom. The number of aryl methyl sites for hydroxylation is 1. The fraction of sp³-hybridized carbons (Fsp3) is 0.468. The fourth-order valence-electron chi connectivity index (χ4n) is 9.80. The fourth-order valence-corrected chi connectivity index (χ4v) is 10.6. The Bertz CT molecular complexity index is 2590. The number of likely N-dealkylation sites (tertiary alicyclic amines) is 2. The molecular formula is C47H57N11O5S. The van der Waals surface area contributed by atoms with Crippen molar-refractivity contribution in [3.05, 3.63) is 83.2 Å². The molecule has 336 valence electrons. The number of hydrogen-bond acceptors (Lipinski definition) is 14. The standard InChI is InChI=1S/C47H57N11O5S/c1-27(2)42(47(62)57-25-34(59)21-38(57)46(61)50-28(3)31-9-11-32(12-10-31)44-29(4)49-26-64-44)40-23-41(54-63-40)56-19-13-30(14-20-56)24-55-17-15-33(16-18-55)58-37-22-36(35-7-5-6-8-39(35)60)51-52-43(37)45(48)53-58/h5-12,22-23,26-28,30,33-34,38,42,59-60H,13-21,24-25H2,1-4H3,(H2,48,53)(H,50,61)/t28-,34+,38-,42+/m0/s1. The maximum absolute atomic E-state index is 14.3. The Hall–Kier alpha value is -5.91. The van der Waals surface area contributed by atoms with E-state index in [1.807, 2.05) is 86.4 Å². The number of aliphatic hydroxyl groups is 1. The predicted molar refractivity (Wildman–Crippen MR) is 246 cm³/mol. The second-order valence-corrected chi connectivity index (χ2v) is 19.0. The van der Waals surface area contributed by atoms with Gasteiger partial charge in [0.2, 0.25) is 11.8 Å². The monoisotopic (exact) mass is 887 g/mol. The number of nitrogens with one attached hydrogen (secondary N) is 1. The van der Waals surface area contributed by atoms with Gasteiger partial charge in [0.1, 0.15) is 17.7 Å². The van der Waals surface area contributed by atoms with Crippen LogP contribution in [-0.4, -0.2) is 113 Å². The van der Waals surface area contributed by atoms with Gasteiger partial charge >= 0.3 is 0 Å². The largest absolute Gasteiger partial charge is 0.507 e. The van der Waals surface area contributed by atoms with E-state index in [0.29, 0.717) is 34.3 Å². The summed E-state index contributed by atoms with van der Waals surface area (Å²) in [4.78, 5) is 39.9. The molecule has 2 amide bonds. The zero-order valence-electron chi connectivity index (χ0n) is 36.8. The minimum atomic E-state index is -0.806. The van der Waals surface area contributed by atoms with Crippen LogP contribution >= 0.6 is 11.3 Å². The Labute approximate surface area is 376 Å². The molecule has 4 atom stereocenters. The van der Waals surface area contributed by atoms with Gasteiger partial charge in [0.05, 0.1) is 45.5 Å². The summed E-state index contributed by atoms with van der Waals surface area (Å²) in [6.45, 7) is 12.5. The van der Waals surface area contributed by atoms with Crippen LogP contribution in [0.25, 0.3) is 32.7 Å². The number of aromatic nitrogens is 6. The number of aliphatic hydroxyl groups excluding tert-OH is 1. The summed E-state index contributed by atoms with van der Waals surface area (Å²) >= 11 is 1.60. The first-order chi connectivity index (χ1) is 30.9. The number of nitrogen functional groups attached to an aromatic ring is 1.